The Hall–Kier alpha value is -1.93. The van der Waals surface area contributed by atoms with E-state index in [2.05, 4.69) is 92.7 Å². The third-order valence-corrected chi connectivity index (χ3v) is 6.22. The number of aryl methyl sites for hydroxylation is 2. The molecule has 4 rings (SSSR count). The molecule has 2 aromatic carbocycles. The van der Waals surface area contributed by atoms with Gasteiger partial charge >= 0.3 is 0 Å². The van der Waals surface area contributed by atoms with Gasteiger partial charge in [-0.1, -0.05) is 59.9 Å². The molecule has 0 saturated carbocycles. The summed E-state index contributed by atoms with van der Waals surface area (Å²) in [6.45, 7) is 4.17. The van der Waals surface area contributed by atoms with Crippen LogP contribution in [0.5, 0.6) is 0 Å². The Kier molecular flexibility index (Phi) is 4.71. The first-order valence-electron chi connectivity index (χ1n) is 8.40. The summed E-state index contributed by atoms with van der Waals surface area (Å²) in [5, 5.41) is 7.35. The predicted molar refractivity (Wildman–Crippen MR) is 111 cm³/mol. The van der Waals surface area contributed by atoms with E-state index in [0.29, 0.717) is 0 Å². The van der Waals surface area contributed by atoms with Gasteiger partial charge in [-0.15, -0.1) is 4.03 Å². The van der Waals surface area contributed by atoms with Gasteiger partial charge in [0.1, 0.15) is 6.17 Å². The molecule has 2 heterocycles. The van der Waals surface area contributed by atoms with Gasteiger partial charge in [-0.2, -0.15) is 15.2 Å². The van der Waals surface area contributed by atoms with Gasteiger partial charge in [-0.25, -0.2) is 4.98 Å². The molecular weight excluding hydrogens is 410 g/mol. The van der Waals surface area contributed by atoms with Crippen molar-refractivity contribution in [2.75, 3.05) is 17.3 Å². The molecule has 0 radical (unpaired) electrons. The van der Waals surface area contributed by atoms with Crippen molar-refractivity contribution in [3.8, 4) is 0 Å². The summed E-state index contributed by atoms with van der Waals surface area (Å²) in [6.07, 6.45) is 0.000850. The highest BCUT2D eigenvalue weighted by Gasteiger charge is 2.44. The molecule has 0 amide bonds. The molecule has 1 aliphatic heterocycles. The number of rotatable bonds is 3. The minimum absolute atomic E-state index is 0.000850. The first-order chi connectivity index (χ1) is 12.6. The molecule has 1 aliphatic rings. The van der Waals surface area contributed by atoms with E-state index >= 15 is 0 Å². The Labute approximate surface area is 166 Å². The van der Waals surface area contributed by atoms with Crippen molar-refractivity contribution in [1.29, 1.82) is 0 Å². The van der Waals surface area contributed by atoms with Crippen molar-refractivity contribution in [1.82, 2.24) is 14.0 Å². The van der Waals surface area contributed by atoms with Crippen LogP contribution in [0.15, 0.2) is 60.7 Å². The standard InChI is InChI=1S/C19H20BrN5S/c1-14-15(2)26-19(21-14)25-22(3)18(16-10-6-4-7-11-16)23(20)24(25)17-12-8-5-9-13-17/h4-13,18H,1-3H3. The van der Waals surface area contributed by atoms with Gasteiger partial charge in [0.15, 0.2) is 0 Å². The van der Waals surface area contributed by atoms with Crippen molar-refractivity contribution >= 4 is 38.3 Å². The van der Waals surface area contributed by atoms with Gasteiger partial charge in [0.25, 0.3) is 0 Å². The Morgan fingerprint density at radius 3 is 2.12 bits per heavy atom. The number of hydrogen-bond acceptors (Lipinski definition) is 6. The van der Waals surface area contributed by atoms with Crippen LogP contribution in [0.1, 0.15) is 22.3 Å². The maximum Gasteiger partial charge on any atom is 0.222 e. The van der Waals surface area contributed by atoms with Crippen LogP contribution in [0.4, 0.5) is 10.8 Å². The molecule has 1 fully saturated rings. The summed E-state index contributed by atoms with van der Waals surface area (Å²) in [4.78, 5) is 6.02. The lowest BCUT2D eigenvalue weighted by molar-refractivity contribution is 0.238. The molecule has 0 bridgehead atoms. The molecular formula is C19H20BrN5S. The van der Waals surface area contributed by atoms with Crippen LogP contribution in [-0.2, 0) is 0 Å². The van der Waals surface area contributed by atoms with Gasteiger partial charge in [-0.3, -0.25) is 0 Å². The highest BCUT2D eigenvalue weighted by molar-refractivity contribution is 9.07. The molecule has 1 saturated heterocycles. The molecule has 0 N–H and O–H groups in total. The lowest BCUT2D eigenvalue weighted by Gasteiger charge is -2.32. The molecule has 1 unspecified atom stereocenters. The van der Waals surface area contributed by atoms with Crippen LogP contribution in [0.25, 0.3) is 0 Å². The van der Waals surface area contributed by atoms with E-state index in [9.17, 15) is 0 Å². The quantitative estimate of drug-likeness (QED) is 0.541. The largest absolute Gasteiger partial charge is 0.223 e. The topological polar surface area (TPSA) is 25.9 Å². The number of hydrazine groups is 3. The first-order valence-corrected chi connectivity index (χ1v) is 9.92. The fourth-order valence-corrected chi connectivity index (χ4v) is 4.82. The summed E-state index contributed by atoms with van der Waals surface area (Å²) in [6, 6.07) is 20.8. The molecule has 0 aliphatic carbocycles. The van der Waals surface area contributed by atoms with Crippen molar-refractivity contribution in [3.63, 3.8) is 0 Å². The van der Waals surface area contributed by atoms with Crippen LogP contribution in [0.2, 0.25) is 0 Å². The molecule has 0 spiro atoms. The van der Waals surface area contributed by atoms with Crippen molar-refractivity contribution in [2.24, 2.45) is 0 Å². The Bertz CT molecular complexity index is 866. The zero-order valence-electron chi connectivity index (χ0n) is 14.9. The number of hydrogen-bond donors (Lipinski definition) is 0. The molecule has 134 valence electrons. The summed E-state index contributed by atoms with van der Waals surface area (Å²) in [5.41, 5.74) is 3.32. The van der Waals surface area contributed by atoms with E-state index in [1.165, 1.54) is 10.4 Å². The van der Waals surface area contributed by atoms with Crippen molar-refractivity contribution < 1.29 is 0 Å². The fourth-order valence-electron chi connectivity index (χ4n) is 3.06. The number of halogens is 1. The number of thiazole rings is 1. The highest BCUT2D eigenvalue weighted by Crippen LogP contribution is 2.43. The molecule has 1 aromatic heterocycles. The molecule has 7 heteroatoms. The van der Waals surface area contributed by atoms with Crippen LogP contribution in [0.3, 0.4) is 0 Å². The first kappa shape index (κ1) is 17.5. The number of nitrogens with zero attached hydrogens (tertiary/aromatic N) is 5. The minimum Gasteiger partial charge on any atom is -0.223 e. The van der Waals surface area contributed by atoms with Gasteiger partial charge in [0.05, 0.1) is 11.4 Å². The van der Waals surface area contributed by atoms with Gasteiger partial charge in [0, 0.05) is 28.1 Å². The number of aromatic nitrogens is 1. The van der Waals surface area contributed by atoms with E-state index in [1.807, 2.05) is 24.3 Å². The van der Waals surface area contributed by atoms with Crippen molar-refractivity contribution in [2.45, 2.75) is 20.0 Å². The second-order valence-corrected chi connectivity index (χ2v) is 8.11. The van der Waals surface area contributed by atoms with Crippen LogP contribution in [0, 0.1) is 13.8 Å². The maximum atomic E-state index is 4.79. The van der Waals surface area contributed by atoms with Gasteiger partial charge in [0.2, 0.25) is 5.13 Å². The third kappa shape index (κ3) is 2.91. The zero-order valence-corrected chi connectivity index (χ0v) is 17.3. The summed E-state index contributed by atoms with van der Waals surface area (Å²) < 4.78 is 2.06. The number of anilines is 2. The lowest BCUT2D eigenvalue weighted by Crippen LogP contribution is -2.45. The monoisotopic (exact) mass is 429 g/mol. The zero-order chi connectivity index (χ0) is 18.3. The summed E-state index contributed by atoms with van der Waals surface area (Å²) >= 11 is 5.50. The SMILES string of the molecule is Cc1nc(N2N(C)C(c3ccccc3)N(Br)N2c2ccccc2)sc1C. The summed E-state index contributed by atoms with van der Waals surface area (Å²) in [5.74, 6) is 0. The van der Waals surface area contributed by atoms with Gasteiger partial charge < -0.3 is 0 Å². The minimum atomic E-state index is 0.000850. The second kappa shape index (κ2) is 7.00. The number of para-hydroxylation sites is 1. The summed E-state index contributed by atoms with van der Waals surface area (Å²) in [7, 11) is 2.08. The smallest absolute Gasteiger partial charge is 0.222 e. The predicted octanol–water partition coefficient (Wildman–Crippen LogP) is 5.07. The lowest BCUT2D eigenvalue weighted by atomic mass is 10.2. The fraction of sp³-hybridized carbons (Fsp3) is 0.211. The van der Waals surface area contributed by atoms with Crippen LogP contribution < -0.4 is 10.2 Å². The highest BCUT2D eigenvalue weighted by atomic mass is 79.9. The molecule has 1 atom stereocenters. The number of benzene rings is 2. The maximum absolute atomic E-state index is 4.79. The van der Waals surface area contributed by atoms with E-state index in [1.54, 1.807) is 11.3 Å². The van der Waals surface area contributed by atoms with Crippen molar-refractivity contribution in [3.05, 3.63) is 76.8 Å². The Morgan fingerprint density at radius 1 is 0.923 bits per heavy atom. The molecule has 26 heavy (non-hydrogen) atoms. The molecule has 3 aromatic rings. The average molecular weight is 430 g/mol. The second-order valence-electron chi connectivity index (χ2n) is 6.20. The Morgan fingerprint density at radius 2 is 1.54 bits per heavy atom. The van der Waals surface area contributed by atoms with E-state index in [-0.39, 0.29) is 6.17 Å². The Balaban J connectivity index is 1.83. The normalized spacial score (nSPS) is 18.7. The third-order valence-electron chi connectivity index (χ3n) is 4.49. The van der Waals surface area contributed by atoms with Gasteiger partial charge in [-0.05, 0) is 31.5 Å². The van der Waals surface area contributed by atoms with Crippen LogP contribution >= 0.6 is 27.5 Å². The van der Waals surface area contributed by atoms with E-state index < -0.39 is 0 Å². The van der Waals surface area contributed by atoms with Crippen LogP contribution in [-0.4, -0.2) is 21.1 Å². The van der Waals surface area contributed by atoms with E-state index in [0.717, 1.165) is 16.5 Å². The molecule has 5 nitrogen and oxygen atoms in total. The van der Waals surface area contributed by atoms with E-state index in [4.69, 9.17) is 4.98 Å². The average Bonchev–Trinajstić information content (AvgIpc) is 3.12.